The van der Waals surface area contributed by atoms with Gasteiger partial charge in [0.2, 0.25) is 5.91 Å². The molecule has 4 heterocycles. The maximum absolute atomic E-state index is 13.7. The molecular weight excluding hydrogens is 374 g/mol. The zero-order valence-corrected chi connectivity index (χ0v) is 17.1. The Balaban J connectivity index is 1.86. The number of carbonyl (C=O) groups excluding carboxylic acids is 1. The predicted octanol–water partition coefficient (Wildman–Crippen LogP) is 4.37. The van der Waals surface area contributed by atoms with Crippen LogP contribution in [-0.4, -0.2) is 25.7 Å². The molecule has 0 atom stereocenters. The molecule has 0 fully saturated rings. The fourth-order valence-electron chi connectivity index (χ4n) is 4.03. The monoisotopic (exact) mass is 395 g/mol. The number of hydrogen-bond donors (Lipinski definition) is 0. The van der Waals surface area contributed by atoms with Crippen LogP contribution < -0.4 is 4.90 Å². The molecule has 0 saturated heterocycles. The summed E-state index contributed by atoms with van der Waals surface area (Å²) in [6.07, 6.45) is 3.60. The molecule has 5 rings (SSSR count). The van der Waals surface area contributed by atoms with Crippen molar-refractivity contribution in [2.24, 2.45) is 5.41 Å². The van der Waals surface area contributed by atoms with Crippen LogP contribution in [-0.2, 0) is 4.79 Å². The van der Waals surface area contributed by atoms with E-state index in [9.17, 15) is 4.79 Å². The number of amides is 1. The third-order valence-electron chi connectivity index (χ3n) is 5.58. The minimum atomic E-state index is -0.778. The molecule has 148 valence electrons. The van der Waals surface area contributed by atoms with Gasteiger partial charge in [-0.05, 0) is 57.2 Å². The predicted molar refractivity (Wildman–Crippen MR) is 116 cm³/mol. The zero-order valence-electron chi connectivity index (χ0n) is 17.1. The van der Waals surface area contributed by atoms with Crippen LogP contribution in [0.15, 0.2) is 73.1 Å². The average molecular weight is 395 g/mol. The second-order valence-electron chi connectivity index (χ2n) is 8.01. The molecular formula is C24H21N5O. The lowest BCUT2D eigenvalue weighted by Crippen LogP contribution is -2.33. The van der Waals surface area contributed by atoms with Crippen molar-refractivity contribution in [1.82, 2.24) is 19.8 Å². The van der Waals surface area contributed by atoms with Gasteiger partial charge in [-0.3, -0.25) is 14.7 Å². The van der Waals surface area contributed by atoms with E-state index in [-0.39, 0.29) is 5.91 Å². The maximum Gasteiger partial charge on any atom is 0.241 e. The van der Waals surface area contributed by atoms with E-state index in [4.69, 9.17) is 0 Å². The number of benzene rings is 1. The van der Waals surface area contributed by atoms with E-state index in [1.54, 1.807) is 15.6 Å². The molecule has 1 aromatic carbocycles. The Kier molecular flexibility index (Phi) is 4.03. The van der Waals surface area contributed by atoms with Crippen LogP contribution in [0.4, 0.5) is 5.69 Å². The van der Waals surface area contributed by atoms with Gasteiger partial charge in [0.1, 0.15) is 5.69 Å². The highest BCUT2D eigenvalue weighted by molar-refractivity contribution is 6.25. The summed E-state index contributed by atoms with van der Waals surface area (Å²) in [7, 11) is 0. The highest BCUT2D eigenvalue weighted by Crippen LogP contribution is 2.50. The minimum absolute atomic E-state index is 0.0147. The van der Waals surface area contributed by atoms with E-state index in [1.807, 2.05) is 87.6 Å². The first kappa shape index (κ1) is 18.2. The van der Waals surface area contributed by atoms with Gasteiger partial charge in [-0.25, -0.2) is 4.52 Å². The standard InChI is InChI=1S/C24H21N5O/c1-16-10-12-17(13-11-16)29-22(21-19-9-5-7-15-28(19)27-26-21)20(24(2,3)23(29)30)18-8-4-6-14-25-18/h4-15H,1-3H3. The van der Waals surface area contributed by atoms with Crippen LogP contribution in [0.25, 0.3) is 16.8 Å². The fourth-order valence-corrected chi connectivity index (χ4v) is 4.03. The molecule has 30 heavy (non-hydrogen) atoms. The van der Waals surface area contributed by atoms with E-state index in [0.29, 0.717) is 5.69 Å². The van der Waals surface area contributed by atoms with Gasteiger partial charge < -0.3 is 0 Å². The number of fused-ring (bicyclic) bond motifs is 1. The first-order valence-electron chi connectivity index (χ1n) is 9.86. The summed E-state index contributed by atoms with van der Waals surface area (Å²) in [5.74, 6) is -0.0147. The Labute approximate surface area is 174 Å². The average Bonchev–Trinajstić information content (AvgIpc) is 3.26. The number of pyridine rings is 2. The van der Waals surface area contributed by atoms with E-state index < -0.39 is 5.41 Å². The Morgan fingerprint density at radius 3 is 2.43 bits per heavy atom. The summed E-state index contributed by atoms with van der Waals surface area (Å²) in [5.41, 5.74) is 5.00. The molecule has 0 unspecified atom stereocenters. The molecule has 0 aliphatic carbocycles. The highest BCUT2D eigenvalue weighted by Gasteiger charge is 2.49. The summed E-state index contributed by atoms with van der Waals surface area (Å²) in [4.78, 5) is 20.1. The summed E-state index contributed by atoms with van der Waals surface area (Å²) < 4.78 is 1.72. The molecule has 6 heteroatoms. The van der Waals surface area contributed by atoms with Gasteiger partial charge in [0, 0.05) is 23.7 Å². The maximum atomic E-state index is 13.7. The van der Waals surface area contributed by atoms with Gasteiger partial charge in [-0.15, -0.1) is 5.10 Å². The first-order valence-corrected chi connectivity index (χ1v) is 9.86. The number of aromatic nitrogens is 4. The molecule has 0 saturated carbocycles. The molecule has 3 aromatic heterocycles. The van der Waals surface area contributed by atoms with Crippen LogP contribution in [0.3, 0.4) is 0 Å². The lowest BCUT2D eigenvalue weighted by atomic mass is 9.82. The molecule has 4 aromatic rings. The van der Waals surface area contributed by atoms with Crippen LogP contribution in [0.5, 0.6) is 0 Å². The first-order chi connectivity index (χ1) is 14.5. The van der Waals surface area contributed by atoms with Crippen molar-refractivity contribution in [3.05, 3.63) is 90.0 Å². The molecule has 0 bridgehead atoms. The summed E-state index contributed by atoms with van der Waals surface area (Å²) >= 11 is 0. The quantitative estimate of drug-likeness (QED) is 0.517. The van der Waals surface area contributed by atoms with Crippen molar-refractivity contribution < 1.29 is 4.79 Å². The number of rotatable bonds is 3. The van der Waals surface area contributed by atoms with Crippen LogP contribution in [0, 0.1) is 12.3 Å². The molecule has 1 amide bonds. The second kappa shape index (κ2) is 6.62. The number of aryl methyl sites for hydroxylation is 1. The highest BCUT2D eigenvalue weighted by atomic mass is 16.2. The SMILES string of the molecule is Cc1ccc(N2C(=O)C(C)(C)C(c3ccccn3)=C2c2nnn3ccccc23)cc1. The van der Waals surface area contributed by atoms with Crippen molar-refractivity contribution >= 4 is 28.4 Å². The summed E-state index contributed by atoms with van der Waals surface area (Å²) in [6.45, 7) is 5.92. The fraction of sp³-hybridized carbons (Fsp3) is 0.167. The molecule has 0 radical (unpaired) electrons. The van der Waals surface area contributed by atoms with Crippen molar-refractivity contribution in [3.8, 4) is 0 Å². The topological polar surface area (TPSA) is 63.4 Å². The van der Waals surface area contributed by atoms with Crippen LogP contribution in [0.2, 0.25) is 0 Å². The smallest absolute Gasteiger partial charge is 0.241 e. The number of hydrogen-bond acceptors (Lipinski definition) is 4. The summed E-state index contributed by atoms with van der Waals surface area (Å²) in [6, 6.07) is 19.5. The molecule has 0 N–H and O–H groups in total. The van der Waals surface area contributed by atoms with Gasteiger partial charge in [0.05, 0.1) is 22.3 Å². The third kappa shape index (κ3) is 2.64. The molecule has 1 aliphatic rings. The van der Waals surface area contributed by atoms with Gasteiger partial charge in [-0.2, -0.15) is 0 Å². The zero-order chi connectivity index (χ0) is 20.9. The minimum Gasteiger partial charge on any atom is -0.278 e. The number of nitrogens with zero attached hydrogens (tertiary/aromatic N) is 5. The van der Waals surface area contributed by atoms with Crippen LogP contribution >= 0.6 is 0 Å². The van der Waals surface area contributed by atoms with Crippen molar-refractivity contribution in [2.45, 2.75) is 20.8 Å². The molecule has 6 nitrogen and oxygen atoms in total. The van der Waals surface area contributed by atoms with Crippen molar-refractivity contribution in [2.75, 3.05) is 4.90 Å². The Morgan fingerprint density at radius 1 is 0.933 bits per heavy atom. The lowest BCUT2D eigenvalue weighted by molar-refractivity contribution is -0.122. The molecule has 1 aliphatic heterocycles. The number of carbonyl (C=O) groups is 1. The van der Waals surface area contributed by atoms with E-state index in [2.05, 4.69) is 15.3 Å². The Bertz CT molecular complexity index is 1290. The van der Waals surface area contributed by atoms with Crippen molar-refractivity contribution in [3.63, 3.8) is 0 Å². The third-order valence-corrected chi connectivity index (χ3v) is 5.58. The largest absolute Gasteiger partial charge is 0.278 e. The summed E-state index contributed by atoms with van der Waals surface area (Å²) in [5, 5.41) is 8.76. The number of anilines is 1. The van der Waals surface area contributed by atoms with Gasteiger partial charge in [-0.1, -0.05) is 35.0 Å². The molecule has 0 spiro atoms. The van der Waals surface area contributed by atoms with Gasteiger partial charge >= 0.3 is 0 Å². The Morgan fingerprint density at radius 2 is 1.70 bits per heavy atom. The van der Waals surface area contributed by atoms with E-state index in [1.165, 1.54) is 0 Å². The van der Waals surface area contributed by atoms with E-state index in [0.717, 1.165) is 33.7 Å². The van der Waals surface area contributed by atoms with Gasteiger partial charge in [0.25, 0.3) is 0 Å². The normalized spacial score (nSPS) is 16.0. The Hall–Kier alpha value is -3.80. The second-order valence-corrected chi connectivity index (χ2v) is 8.01. The van der Waals surface area contributed by atoms with E-state index >= 15 is 0 Å². The van der Waals surface area contributed by atoms with Gasteiger partial charge in [0.15, 0.2) is 0 Å². The van der Waals surface area contributed by atoms with Crippen molar-refractivity contribution in [1.29, 1.82) is 0 Å². The lowest BCUT2D eigenvalue weighted by Gasteiger charge is -2.23. The van der Waals surface area contributed by atoms with Crippen LogP contribution in [0.1, 0.15) is 30.8 Å².